The molecule has 0 bridgehead atoms. The molecule has 0 unspecified atom stereocenters. The lowest BCUT2D eigenvalue weighted by atomic mass is 10.1. The molecule has 1 amide bonds. The Balaban J connectivity index is 1.30. The molecule has 144 valence electrons. The fraction of sp³-hybridized carbons (Fsp3) is 0.0435. The standard InChI is InChI=1S/C23H18ClN3O2/c24-19-8-5-17(6-9-19)22-12-11-21(29-22)14-26-27-23(28)15-25-20-10-7-16-3-1-2-4-18(16)13-20/h1-14,25H,15H2,(H,27,28). The van der Waals surface area contributed by atoms with Crippen LogP contribution in [0.1, 0.15) is 5.76 Å². The molecule has 29 heavy (non-hydrogen) atoms. The summed E-state index contributed by atoms with van der Waals surface area (Å²) in [5.41, 5.74) is 4.28. The van der Waals surface area contributed by atoms with Crippen molar-refractivity contribution in [1.29, 1.82) is 0 Å². The quantitative estimate of drug-likeness (QED) is 0.338. The van der Waals surface area contributed by atoms with Crippen molar-refractivity contribution in [3.63, 3.8) is 0 Å². The average Bonchev–Trinajstić information content (AvgIpc) is 3.21. The lowest BCUT2D eigenvalue weighted by Crippen LogP contribution is -2.25. The summed E-state index contributed by atoms with van der Waals surface area (Å²) in [6, 6.07) is 25.0. The monoisotopic (exact) mass is 403 g/mol. The Morgan fingerprint density at radius 2 is 1.76 bits per heavy atom. The highest BCUT2D eigenvalue weighted by atomic mass is 35.5. The average molecular weight is 404 g/mol. The second-order valence-electron chi connectivity index (χ2n) is 6.42. The topological polar surface area (TPSA) is 66.6 Å². The number of carbonyl (C=O) groups excluding carboxylic acids is 1. The molecule has 5 nitrogen and oxygen atoms in total. The predicted molar refractivity (Wildman–Crippen MR) is 117 cm³/mol. The van der Waals surface area contributed by atoms with Gasteiger partial charge in [-0.15, -0.1) is 0 Å². The number of fused-ring (bicyclic) bond motifs is 1. The number of nitrogens with zero attached hydrogens (tertiary/aromatic N) is 1. The minimum absolute atomic E-state index is 0.115. The second kappa shape index (κ2) is 8.63. The number of hydrogen-bond donors (Lipinski definition) is 2. The SMILES string of the molecule is O=C(CNc1ccc2ccccc2c1)NN=Cc1ccc(-c2ccc(Cl)cc2)o1. The van der Waals surface area contributed by atoms with Gasteiger partial charge in [-0.1, -0.05) is 41.9 Å². The molecule has 0 atom stereocenters. The molecule has 0 fully saturated rings. The number of hydrazone groups is 1. The van der Waals surface area contributed by atoms with Gasteiger partial charge >= 0.3 is 0 Å². The predicted octanol–water partition coefficient (Wildman–Crippen LogP) is 5.32. The molecule has 0 aliphatic rings. The molecular formula is C23H18ClN3O2. The number of halogens is 1. The van der Waals surface area contributed by atoms with Crippen LogP contribution in [0.2, 0.25) is 5.02 Å². The first-order valence-electron chi connectivity index (χ1n) is 9.08. The Bertz CT molecular complexity index is 1170. The van der Waals surface area contributed by atoms with E-state index in [-0.39, 0.29) is 12.5 Å². The number of amides is 1. The van der Waals surface area contributed by atoms with Gasteiger partial charge in [0.1, 0.15) is 11.5 Å². The summed E-state index contributed by atoms with van der Waals surface area (Å²) in [5.74, 6) is 0.990. The number of furan rings is 1. The molecule has 4 rings (SSSR count). The van der Waals surface area contributed by atoms with E-state index in [4.69, 9.17) is 16.0 Å². The number of benzene rings is 3. The van der Waals surface area contributed by atoms with Crippen molar-refractivity contribution in [1.82, 2.24) is 5.43 Å². The van der Waals surface area contributed by atoms with Crippen molar-refractivity contribution >= 4 is 40.2 Å². The minimum atomic E-state index is -0.251. The van der Waals surface area contributed by atoms with Crippen LogP contribution >= 0.6 is 11.6 Å². The molecule has 0 aliphatic carbocycles. The van der Waals surface area contributed by atoms with Gasteiger partial charge in [-0.05, 0) is 59.3 Å². The number of carbonyl (C=O) groups is 1. The van der Waals surface area contributed by atoms with Crippen molar-refractivity contribution in [2.75, 3.05) is 11.9 Å². The van der Waals surface area contributed by atoms with E-state index in [1.165, 1.54) is 6.21 Å². The molecular weight excluding hydrogens is 386 g/mol. The molecule has 3 aromatic carbocycles. The van der Waals surface area contributed by atoms with E-state index in [2.05, 4.69) is 15.8 Å². The van der Waals surface area contributed by atoms with E-state index in [1.54, 1.807) is 18.2 Å². The van der Waals surface area contributed by atoms with E-state index < -0.39 is 0 Å². The van der Waals surface area contributed by atoms with Crippen molar-refractivity contribution in [3.05, 3.63) is 89.6 Å². The van der Waals surface area contributed by atoms with Crippen LogP contribution in [0.5, 0.6) is 0 Å². The van der Waals surface area contributed by atoms with Crippen molar-refractivity contribution in [3.8, 4) is 11.3 Å². The van der Waals surface area contributed by atoms with Crippen LogP contribution < -0.4 is 10.7 Å². The molecule has 0 spiro atoms. The van der Waals surface area contributed by atoms with E-state index >= 15 is 0 Å². The first kappa shape index (κ1) is 18.8. The third-order valence-corrected chi connectivity index (χ3v) is 4.59. The third kappa shape index (κ3) is 4.83. The maximum atomic E-state index is 12.0. The van der Waals surface area contributed by atoms with Gasteiger partial charge in [0.25, 0.3) is 5.91 Å². The van der Waals surface area contributed by atoms with Gasteiger partial charge in [0.05, 0.1) is 12.8 Å². The first-order chi connectivity index (χ1) is 14.2. The molecule has 4 aromatic rings. The first-order valence-corrected chi connectivity index (χ1v) is 9.45. The number of nitrogens with one attached hydrogen (secondary N) is 2. The lowest BCUT2D eigenvalue weighted by molar-refractivity contribution is -0.119. The Hall–Kier alpha value is -3.57. The minimum Gasteiger partial charge on any atom is -0.455 e. The molecule has 0 radical (unpaired) electrons. The summed E-state index contributed by atoms with van der Waals surface area (Å²) >= 11 is 5.90. The smallest absolute Gasteiger partial charge is 0.259 e. The van der Waals surface area contributed by atoms with Gasteiger partial charge < -0.3 is 9.73 Å². The zero-order valence-electron chi connectivity index (χ0n) is 15.4. The zero-order valence-corrected chi connectivity index (χ0v) is 16.2. The summed E-state index contributed by atoms with van der Waals surface area (Å²) in [6.45, 7) is 0.115. The second-order valence-corrected chi connectivity index (χ2v) is 6.85. The van der Waals surface area contributed by atoms with Gasteiger partial charge in [0, 0.05) is 16.3 Å². The normalized spacial score (nSPS) is 11.1. The van der Waals surface area contributed by atoms with Crippen LogP contribution in [0.3, 0.4) is 0 Å². The maximum absolute atomic E-state index is 12.0. The van der Waals surface area contributed by atoms with Crippen LogP contribution in [0.4, 0.5) is 5.69 Å². The lowest BCUT2D eigenvalue weighted by Gasteiger charge is -2.06. The van der Waals surface area contributed by atoms with E-state index in [0.717, 1.165) is 22.0 Å². The Morgan fingerprint density at radius 3 is 2.59 bits per heavy atom. The molecule has 6 heteroatoms. The Morgan fingerprint density at radius 1 is 0.966 bits per heavy atom. The van der Waals surface area contributed by atoms with Crippen LogP contribution in [-0.2, 0) is 4.79 Å². The summed E-state index contributed by atoms with van der Waals surface area (Å²) in [5, 5.41) is 9.98. The summed E-state index contributed by atoms with van der Waals surface area (Å²) < 4.78 is 5.70. The molecule has 1 aromatic heterocycles. The van der Waals surface area contributed by atoms with Gasteiger partial charge in [-0.3, -0.25) is 4.79 Å². The maximum Gasteiger partial charge on any atom is 0.259 e. The Labute approximate surface area is 173 Å². The number of hydrogen-bond acceptors (Lipinski definition) is 4. The van der Waals surface area contributed by atoms with Crippen LogP contribution in [0.15, 0.2) is 88.4 Å². The van der Waals surface area contributed by atoms with Gasteiger partial charge in [-0.25, -0.2) is 5.43 Å². The van der Waals surface area contributed by atoms with E-state index in [1.807, 2.05) is 60.7 Å². The molecule has 1 heterocycles. The highest BCUT2D eigenvalue weighted by Gasteiger charge is 2.04. The fourth-order valence-corrected chi connectivity index (χ4v) is 3.01. The summed E-state index contributed by atoms with van der Waals surface area (Å²) in [6.07, 6.45) is 1.47. The van der Waals surface area contributed by atoms with E-state index in [0.29, 0.717) is 16.5 Å². The van der Waals surface area contributed by atoms with Crippen molar-refractivity contribution in [2.24, 2.45) is 5.10 Å². The van der Waals surface area contributed by atoms with Crippen molar-refractivity contribution < 1.29 is 9.21 Å². The third-order valence-electron chi connectivity index (χ3n) is 4.34. The van der Waals surface area contributed by atoms with Crippen LogP contribution in [0, 0.1) is 0 Å². The molecule has 2 N–H and O–H groups in total. The van der Waals surface area contributed by atoms with Crippen molar-refractivity contribution in [2.45, 2.75) is 0 Å². The van der Waals surface area contributed by atoms with Gasteiger partial charge in [-0.2, -0.15) is 5.10 Å². The zero-order chi connectivity index (χ0) is 20.1. The summed E-state index contributed by atoms with van der Waals surface area (Å²) in [4.78, 5) is 12.0. The largest absolute Gasteiger partial charge is 0.455 e. The number of rotatable bonds is 6. The fourth-order valence-electron chi connectivity index (χ4n) is 2.88. The highest BCUT2D eigenvalue weighted by Crippen LogP contribution is 2.23. The van der Waals surface area contributed by atoms with Gasteiger partial charge in [0.2, 0.25) is 0 Å². The molecule has 0 saturated heterocycles. The molecule has 0 saturated carbocycles. The van der Waals surface area contributed by atoms with E-state index in [9.17, 15) is 4.79 Å². The summed E-state index contributed by atoms with van der Waals surface area (Å²) in [7, 11) is 0. The highest BCUT2D eigenvalue weighted by molar-refractivity contribution is 6.30. The number of anilines is 1. The Kier molecular flexibility index (Phi) is 5.59. The van der Waals surface area contributed by atoms with Crippen LogP contribution in [0.25, 0.3) is 22.1 Å². The van der Waals surface area contributed by atoms with Gasteiger partial charge in [0.15, 0.2) is 0 Å². The molecule has 0 aliphatic heterocycles. The van der Waals surface area contributed by atoms with Crippen LogP contribution in [-0.4, -0.2) is 18.7 Å².